The van der Waals surface area contributed by atoms with Gasteiger partial charge in [-0.15, -0.1) is 0 Å². The van der Waals surface area contributed by atoms with Crippen molar-refractivity contribution in [2.45, 2.75) is 6.42 Å². The maximum atomic E-state index is 11.2. The molecular weight excluding hydrogens is 308 g/mol. The largest absolute Gasteiger partial charge is 0.369 e. The van der Waals surface area contributed by atoms with Crippen LogP contribution in [0.1, 0.15) is 11.3 Å². The number of hydrogen-bond acceptors (Lipinski definition) is 4. The van der Waals surface area contributed by atoms with E-state index in [0.717, 1.165) is 10.9 Å². The first-order valence-corrected chi connectivity index (χ1v) is 6.46. The third-order valence-corrected chi connectivity index (χ3v) is 3.03. The number of halogens is 1. The van der Waals surface area contributed by atoms with Crippen molar-refractivity contribution in [3.8, 4) is 6.07 Å². The summed E-state index contributed by atoms with van der Waals surface area (Å²) in [6.07, 6.45) is 0.809. The van der Waals surface area contributed by atoms with Gasteiger partial charge >= 0.3 is 5.69 Å². The van der Waals surface area contributed by atoms with Crippen LogP contribution in [0.25, 0.3) is 0 Å². The summed E-state index contributed by atoms with van der Waals surface area (Å²) in [5, 5.41) is 11.8. The van der Waals surface area contributed by atoms with Gasteiger partial charge in [0.2, 0.25) is 0 Å². The number of H-pyrrole nitrogens is 1. The molecule has 0 fully saturated rings. The molecule has 2 N–H and O–H groups in total. The van der Waals surface area contributed by atoms with Crippen LogP contribution in [0.15, 0.2) is 39.6 Å². The van der Waals surface area contributed by atoms with E-state index in [1.807, 2.05) is 30.3 Å². The lowest BCUT2D eigenvalue weighted by molar-refractivity contribution is 0.980. The topological polar surface area (TPSA) is 81.6 Å². The Bertz CT molecular complexity index is 658. The average molecular weight is 319 g/mol. The van der Waals surface area contributed by atoms with Gasteiger partial charge in [-0.25, -0.2) is 4.79 Å². The SMILES string of the molecule is N#Cc1cc(NCCc2ccc(Br)cc2)nc(=O)[nH]1. The van der Waals surface area contributed by atoms with Crippen LogP contribution in [0.3, 0.4) is 0 Å². The molecule has 5 nitrogen and oxygen atoms in total. The van der Waals surface area contributed by atoms with Crippen molar-refractivity contribution < 1.29 is 0 Å². The molecule has 0 unspecified atom stereocenters. The first kappa shape index (κ1) is 13.3. The highest BCUT2D eigenvalue weighted by molar-refractivity contribution is 9.10. The van der Waals surface area contributed by atoms with Gasteiger partial charge in [-0.1, -0.05) is 28.1 Å². The van der Waals surface area contributed by atoms with Crippen LogP contribution in [0.4, 0.5) is 5.82 Å². The Morgan fingerprint density at radius 3 is 2.79 bits per heavy atom. The summed E-state index contributed by atoms with van der Waals surface area (Å²) in [7, 11) is 0. The zero-order valence-corrected chi connectivity index (χ0v) is 11.6. The molecule has 0 saturated heterocycles. The molecule has 0 aliphatic carbocycles. The van der Waals surface area contributed by atoms with Crippen LogP contribution in [-0.2, 0) is 6.42 Å². The van der Waals surface area contributed by atoms with Gasteiger partial charge in [-0.05, 0) is 24.1 Å². The molecule has 2 aromatic rings. The van der Waals surface area contributed by atoms with Gasteiger partial charge < -0.3 is 5.32 Å². The van der Waals surface area contributed by atoms with E-state index < -0.39 is 5.69 Å². The number of aromatic nitrogens is 2. The van der Waals surface area contributed by atoms with E-state index in [0.29, 0.717) is 12.4 Å². The third kappa shape index (κ3) is 3.93. The molecule has 0 aliphatic heterocycles. The summed E-state index contributed by atoms with van der Waals surface area (Å²) >= 11 is 3.38. The standard InChI is InChI=1S/C13H11BrN4O/c14-10-3-1-9(2-4-10)5-6-16-12-7-11(8-15)17-13(19)18-12/h1-4,7H,5-6H2,(H2,16,17,18,19). The Morgan fingerprint density at radius 1 is 1.37 bits per heavy atom. The second kappa shape index (κ2) is 6.16. The Hall–Kier alpha value is -2.13. The Kier molecular flexibility index (Phi) is 4.31. The average Bonchev–Trinajstić information content (AvgIpc) is 2.40. The van der Waals surface area contributed by atoms with E-state index in [9.17, 15) is 4.79 Å². The van der Waals surface area contributed by atoms with Crippen LogP contribution >= 0.6 is 15.9 Å². The first-order valence-electron chi connectivity index (χ1n) is 5.67. The molecular formula is C13H11BrN4O. The highest BCUT2D eigenvalue weighted by Gasteiger charge is 2.00. The molecule has 1 heterocycles. The van der Waals surface area contributed by atoms with Crippen LogP contribution in [0.2, 0.25) is 0 Å². The quantitative estimate of drug-likeness (QED) is 0.904. The Balaban J connectivity index is 1.96. The van der Waals surface area contributed by atoms with E-state index in [2.05, 4.69) is 31.2 Å². The first-order chi connectivity index (χ1) is 9.17. The van der Waals surface area contributed by atoms with E-state index in [1.165, 1.54) is 11.6 Å². The van der Waals surface area contributed by atoms with Crippen molar-refractivity contribution in [3.63, 3.8) is 0 Å². The van der Waals surface area contributed by atoms with Gasteiger partial charge in [-0.2, -0.15) is 10.2 Å². The van der Waals surface area contributed by atoms with Crippen LogP contribution < -0.4 is 11.0 Å². The molecule has 0 aliphatic rings. The second-order valence-corrected chi connectivity index (χ2v) is 4.82. The van der Waals surface area contributed by atoms with Gasteiger partial charge in [0.25, 0.3) is 0 Å². The van der Waals surface area contributed by atoms with Crippen molar-refractivity contribution in [3.05, 3.63) is 56.5 Å². The van der Waals surface area contributed by atoms with Crippen molar-refractivity contribution in [1.29, 1.82) is 5.26 Å². The summed E-state index contributed by atoms with van der Waals surface area (Å²) in [5.41, 5.74) is 0.859. The van der Waals surface area contributed by atoms with Gasteiger partial charge in [0.05, 0.1) is 0 Å². The maximum absolute atomic E-state index is 11.2. The molecule has 2 rings (SSSR count). The lowest BCUT2D eigenvalue weighted by Gasteiger charge is -2.05. The zero-order chi connectivity index (χ0) is 13.7. The molecule has 0 spiro atoms. The van der Waals surface area contributed by atoms with Gasteiger partial charge in [0.15, 0.2) is 0 Å². The van der Waals surface area contributed by atoms with E-state index >= 15 is 0 Å². The number of nitrogens with zero attached hydrogens (tertiary/aromatic N) is 2. The van der Waals surface area contributed by atoms with Gasteiger partial charge in [0, 0.05) is 17.1 Å². The van der Waals surface area contributed by atoms with E-state index in [1.54, 1.807) is 0 Å². The minimum absolute atomic E-state index is 0.200. The van der Waals surface area contributed by atoms with Gasteiger partial charge in [-0.3, -0.25) is 4.98 Å². The Labute approximate surface area is 118 Å². The summed E-state index contributed by atoms with van der Waals surface area (Å²) in [5.74, 6) is 0.414. The van der Waals surface area contributed by atoms with Crippen molar-refractivity contribution in [2.75, 3.05) is 11.9 Å². The van der Waals surface area contributed by atoms with Crippen LogP contribution in [0.5, 0.6) is 0 Å². The maximum Gasteiger partial charge on any atom is 0.347 e. The molecule has 0 radical (unpaired) electrons. The molecule has 6 heteroatoms. The smallest absolute Gasteiger partial charge is 0.347 e. The van der Waals surface area contributed by atoms with Crippen molar-refractivity contribution in [1.82, 2.24) is 9.97 Å². The minimum Gasteiger partial charge on any atom is -0.369 e. The number of nitrogens with one attached hydrogen (secondary N) is 2. The lowest BCUT2D eigenvalue weighted by atomic mass is 10.1. The molecule has 0 saturated carbocycles. The number of anilines is 1. The fourth-order valence-electron chi connectivity index (χ4n) is 1.59. The summed E-state index contributed by atoms with van der Waals surface area (Å²) in [4.78, 5) is 17.3. The summed E-state index contributed by atoms with van der Waals surface area (Å²) in [6.45, 7) is 0.642. The van der Waals surface area contributed by atoms with Crippen LogP contribution in [0, 0.1) is 11.3 Å². The highest BCUT2D eigenvalue weighted by atomic mass is 79.9. The van der Waals surface area contributed by atoms with Gasteiger partial charge in [0.1, 0.15) is 17.6 Å². The fourth-order valence-corrected chi connectivity index (χ4v) is 1.86. The second-order valence-electron chi connectivity index (χ2n) is 3.90. The van der Waals surface area contributed by atoms with E-state index in [4.69, 9.17) is 5.26 Å². The predicted octanol–water partition coefficient (Wildman–Crippen LogP) is 2.06. The molecule has 0 atom stereocenters. The number of nitriles is 1. The zero-order valence-electron chi connectivity index (χ0n) is 9.98. The molecule has 96 valence electrons. The molecule has 19 heavy (non-hydrogen) atoms. The predicted molar refractivity (Wildman–Crippen MR) is 75.9 cm³/mol. The number of rotatable bonds is 4. The van der Waals surface area contributed by atoms with Crippen molar-refractivity contribution in [2.24, 2.45) is 0 Å². The summed E-state index contributed by atoms with van der Waals surface area (Å²) < 4.78 is 1.04. The molecule has 1 aromatic carbocycles. The molecule has 0 bridgehead atoms. The molecule has 0 amide bonds. The third-order valence-electron chi connectivity index (χ3n) is 2.50. The minimum atomic E-state index is -0.523. The number of hydrogen-bond donors (Lipinski definition) is 2. The Morgan fingerprint density at radius 2 is 2.11 bits per heavy atom. The fraction of sp³-hybridized carbons (Fsp3) is 0.154. The monoisotopic (exact) mass is 318 g/mol. The lowest BCUT2D eigenvalue weighted by Crippen LogP contribution is -2.16. The highest BCUT2D eigenvalue weighted by Crippen LogP contribution is 2.11. The van der Waals surface area contributed by atoms with Crippen LogP contribution in [-0.4, -0.2) is 16.5 Å². The molecule has 1 aromatic heterocycles. The number of aromatic amines is 1. The normalized spacial score (nSPS) is 9.89. The number of benzene rings is 1. The van der Waals surface area contributed by atoms with E-state index in [-0.39, 0.29) is 5.69 Å². The summed E-state index contributed by atoms with van der Waals surface area (Å²) in [6, 6.07) is 11.4. The van der Waals surface area contributed by atoms with Crippen molar-refractivity contribution >= 4 is 21.7 Å².